The zero-order valence-electron chi connectivity index (χ0n) is 12.9. The third-order valence-electron chi connectivity index (χ3n) is 3.16. The van der Waals surface area contributed by atoms with Gasteiger partial charge >= 0.3 is 0 Å². The molecule has 0 saturated carbocycles. The zero-order chi connectivity index (χ0) is 16.4. The average Bonchev–Trinajstić information content (AvgIpc) is 2.49. The fourth-order valence-corrected chi connectivity index (χ4v) is 1.98. The number of nitrogen functional groups attached to an aromatic ring is 1. The second kappa shape index (κ2) is 9.92. The third-order valence-corrected chi connectivity index (χ3v) is 3.16. The SMILES string of the molecule is CC(=O)c1cc(CCC(=O)NCCCOCCO)ccc1N. The van der Waals surface area contributed by atoms with Crippen molar-refractivity contribution in [2.45, 2.75) is 26.2 Å². The number of nitrogens with one attached hydrogen (secondary N) is 1. The maximum atomic E-state index is 11.7. The van der Waals surface area contributed by atoms with Gasteiger partial charge in [-0.15, -0.1) is 0 Å². The number of hydrogen-bond acceptors (Lipinski definition) is 5. The average molecular weight is 308 g/mol. The summed E-state index contributed by atoms with van der Waals surface area (Å²) in [5.74, 6) is -0.116. The predicted molar refractivity (Wildman–Crippen MR) is 84.7 cm³/mol. The van der Waals surface area contributed by atoms with E-state index >= 15 is 0 Å². The largest absolute Gasteiger partial charge is 0.398 e. The number of ketones is 1. The Bertz CT molecular complexity index is 503. The van der Waals surface area contributed by atoms with Gasteiger partial charge in [0.2, 0.25) is 5.91 Å². The molecule has 122 valence electrons. The highest BCUT2D eigenvalue weighted by atomic mass is 16.5. The standard InChI is InChI=1S/C16H24N2O4/c1-12(20)14-11-13(3-5-15(14)17)4-6-16(21)18-7-2-9-22-10-8-19/h3,5,11,19H,2,4,6-10,17H2,1H3,(H,18,21). The summed E-state index contributed by atoms with van der Waals surface area (Å²) in [7, 11) is 0. The Hall–Kier alpha value is -1.92. The van der Waals surface area contributed by atoms with E-state index in [-0.39, 0.29) is 18.3 Å². The van der Waals surface area contributed by atoms with Crippen molar-refractivity contribution in [1.29, 1.82) is 0 Å². The molecule has 0 spiro atoms. The van der Waals surface area contributed by atoms with E-state index in [4.69, 9.17) is 15.6 Å². The van der Waals surface area contributed by atoms with Gasteiger partial charge in [0.15, 0.2) is 5.78 Å². The van der Waals surface area contributed by atoms with Crippen LogP contribution in [0.1, 0.15) is 35.7 Å². The highest BCUT2D eigenvalue weighted by Crippen LogP contribution is 2.16. The molecule has 0 fully saturated rings. The van der Waals surface area contributed by atoms with Crippen LogP contribution in [0.25, 0.3) is 0 Å². The van der Waals surface area contributed by atoms with Crippen LogP contribution >= 0.6 is 0 Å². The maximum Gasteiger partial charge on any atom is 0.220 e. The lowest BCUT2D eigenvalue weighted by Gasteiger charge is -2.08. The molecular formula is C16H24N2O4. The van der Waals surface area contributed by atoms with Gasteiger partial charge in [0, 0.05) is 30.8 Å². The number of amides is 1. The summed E-state index contributed by atoms with van der Waals surface area (Å²) in [5, 5.41) is 11.3. The number of aliphatic hydroxyl groups is 1. The van der Waals surface area contributed by atoms with Gasteiger partial charge in [-0.3, -0.25) is 9.59 Å². The molecular weight excluding hydrogens is 284 g/mol. The van der Waals surface area contributed by atoms with E-state index in [0.29, 0.717) is 50.3 Å². The number of ether oxygens (including phenoxy) is 1. The van der Waals surface area contributed by atoms with E-state index in [2.05, 4.69) is 5.32 Å². The molecule has 0 heterocycles. The number of carbonyl (C=O) groups is 2. The van der Waals surface area contributed by atoms with Gasteiger partial charge in [-0.05, 0) is 37.5 Å². The van der Waals surface area contributed by atoms with Crippen LogP contribution in [-0.4, -0.2) is 43.2 Å². The molecule has 0 aliphatic heterocycles. The van der Waals surface area contributed by atoms with Crippen molar-refractivity contribution in [1.82, 2.24) is 5.32 Å². The first-order valence-corrected chi connectivity index (χ1v) is 7.39. The predicted octanol–water partition coefficient (Wildman–Crippen LogP) is 0.919. The maximum absolute atomic E-state index is 11.7. The lowest BCUT2D eigenvalue weighted by atomic mass is 10.0. The van der Waals surface area contributed by atoms with Gasteiger partial charge in [-0.25, -0.2) is 0 Å². The molecule has 0 bridgehead atoms. The molecule has 6 heteroatoms. The molecule has 0 aliphatic rings. The summed E-state index contributed by atoms with van der Waals surface area (Å²) in [6, 6.07) is 5.27. The molecule has 4 N–H and O–H groups in total. The van der Waals surface area contributed by atoms with Crippen LogP contribution in [0.3, 0.4) is 0 Å². The minimum Gasteiger partial charge on any atom is -0.398 e. The van der Waals surface area contributed by atoms with Gasteiger partial charge in [-0.2, -0.15) is 0 Å². The van der Waals surface area contributed by atoms with E-state index in [0.717, 1.165) is 5.56 Å². The second-order valence-electron chi connectivity index (χ2n) is 5.02. The molecule has 6 nitrogen and oxygen atoms in total. The number of rotatable bonds is 10. The Morgan fingerprint density at radius 3 is 2.77 bits per heavy atom. The highest BCUT2D eigenvalue weighted by Gasteiger charge is 2.07. The number of nitrogens with two attached hydrogens (primary N) is 1. The van der Waals surface area contributed by atoms with Crippen molar-refractivity contribution in [2.75, 3.05) is 32.1 Å². The third kappa shape index (κ3) is 6.69. The van der Waals surface area contributed by atoms with Crippen LogP contribution in [-0.2, 0) is 16.0 Å². The molecule has 0 aliphatic carbocycles. The van der Waals surface area contributed by atoms with Gasteiger partial charge < -0.3 is 20.9 Å². The first-order valence-electron chi connectivity index (χ1n) is 7.39. The molecule has 1 aromatic carbocycles. The molecule has 0 aromatic heterocycles. The number of benzene rings is 1. The Kier molecular flexibility index (Phi) is 8.17. The number of aryl methyl sites for hydroxylation is 1. The summed E-state index contributed by atoms with van der Waals surface area (Å²) >= 11 is 0. The van der Waals surface area contributed by atoms with Crippen LogP contribution in [0, 0.1) is 0 Å². The van der Waals surface area contributed by atoms with Crippen LogP contribution in [0.4, 0.5) is 5.69 Å². The van der Waals surface area contributed by atoms with Gasteiger partial charge in [0.05, 0.1) is 13.2 Å². The minimum absolute atomic E-state index is 0.0101. The number of carbonyl (C=O) groups excluding carboxylic acids is 2. The molecule has 0 atom stereocenters. The van der Waals surface area contributed by atoms with Crippen molar-refractivity contribution in [3.05, 3.63) is 29.3 Å². The van der Waals surface area contributed by atoms with Crippen molar-refractivity contribution in [3.8, 4) is 0 Å². The fourth-order valence-electron chi connectivity index (χ4n) is 1.98. The summed E-state index contributed by atoms with van der Waals surface area (Å²) in [6.45, 7) is 2.87. The van der Waals surface area contributed by atoms with Crippen molar-refractivity contribution in [2.24, 2.45) is 0 Å². The van der Waals surface area contributed by atoms with Gasteiger partial charge in [0.1, 0.15) is 0 Å². The Morgan fingerprint density at radius 2 is 2.09 bits per heavy atom. The first kappa shape index (κ1) is 18.1. The van der Waals surface area contributed by atoms with Crippen molar-refractivity contribution < 1.29 is 19.4 Å². The minimum atomic E-state index is -0.0771. The normalized spacial score (nSPS) is 10.5. The molecule has 1 amide bonds. The van der Waals surface area contributed by atoms with Crippen LogP contribution in [0.2, 0.25) is 0 Å². The summed E-state index contributed by atoms with van der Waals surface area (Å²) in [5.41, 5.74) is 7.61. The zero-order valence-corrected chi connectivity index (χ0v) is 12.9. The van der Waals surface area contributed by atoms with Gasteiger partial charge in [-0.1, -0.05) is 6.07 Å². The fraction of sp³-hybridized carbons (Fsp3) is 0.500. The lowest BCUT2D eigenvalue weighted by Crippen LogP contribution is -2.25. The Labute approximate surface area is 130 Å². The van der Waals surface area contributed by atoms with Crippen LogP contribution in [0.5, 0.6) is 0 Å². The Balaban J connectivity index is 2.29. The molecule has 0 saturated heterocycles. The van der Waals surface area contributed by atoms with E-state index in [1.165, 1.54) is 6.92 Å². The van der Waals surface area contributed by atoms with E-state index < -0.39 is 0 Å². The number of hydrogen-bond donors (Lipinski definition) is 3. The monoisotopic (exact) mass is 308 g/mol. The lowest BCUT2D eigenvalue weighted by molar-refractivity contribution is -0.121. The van der Waals surface area contributed by atoms with Crippen LogP contribution in [0.15, 0.2) is 18.2 Å². The molecule has 22 heavy (non-hydrogen) atoms. The number of Topliss-reactive ketones (excluding diaryl/α,β-unsaturated/α-hetero) is 1. The summed E-state index contributed by atoms with van der Waals surface area (Å²) in [6.07, 6.45) is 1.63. The smallest absolute Gasteiger partial charge is 0.220 e. The van der Waals surface area contributed by atoms with E-state index in [1.54, 1.807) is 12.1 Å². The Morgan fingerprint density at radius 1 is 1.32 bits per heavy atom. The molecule has 1 rings (SSSR count). The topological polar surface area (TPSA) is 102 Å². The van der Waals surface area contributed by atoms with Crippen LogP contribution < -0.4 is 11.1 Å². The van der Waals surface area contributed by atoms with Crippen molar-refractivity contribution >= 4 is 17.4 Å². The van der Waals surface area contributed by atoms with E-state index in [9.17, 15) is 9.59 Å². The van der Waals surface area contributed by atoms with Gasteiger partial charge in [0.25, 0.3) is 0 Å². The summed E-state index contributed by atoms with van der Waals surface area (Å²) < 4.78 is 5.10. The number of anilines is 1. The quantitative estimate of drug-likeness (QED) is 0.339. The summed E-state index contributed by atoms with van der Waals surface area (Å²) in [4.78, 5) is 23.1. The molecule has 0 radical (unpaired) electrons. The van der Waals surface area contributed by atoms with Crippen molar-refractivity contribution in [3.63, 3.8) is 0 Å². The first-order chi connectivity index (χ1) is 10.5. The molecule has 0 unspecified atom stereocenters. The second-order valence-corrected chi connectivity index (χ2v) is 5.02. The highest BCUT2D eigenvalue weighted by molar-refractivity contribution is 5.99. The number of aliphatic hydroxyl groups excluding tert-OH is 1. The molecule has 1 aromatic rings. The van der Waals surface area contributed by atoms with E-state index in [1.807, 2.05) is 6.07 Å².